The van der Waals surface area contributed by atoms with Gasteiger partial charge >= 0.3 is 0 Å². The van der Waals surface area contributed by atoms with Gasteiger partial charge in [0.05, 0.1) is 18.8 Å². The summed E-state index contributed by atoms with van der Waals surface area (Å²) in [6.07, 6.45) is 94.8. The first-order chi connectivity index (χ1) is 37.7. The van der Waals surface area contributed by atoms with Crippen molar-refractivity contribution in [1.29, 1.82) is 0 Å². The third-order valence-electron chi connectivity index (χ3n) is 16.3. The Morgan fingerprint density at radius 1 is 0.316 bits per heavy atom. The van der Waals surface area contributed by atoms with E-state index >= 15 is 0 Å². The number of hydrogen-bond donors (Lipinski definition) is 3. The number of carbonyl (C=O) groups excluding carboxylic acids is 1. The SMILES string of the molecule is CCCCCCC/C=C\C/C=C\C/C=C\CCCCCCCCCCCCCCCCCCCCCCCCCCC(=O)NC(CO)C(O)/C=C/CCCCCCCCCCCCCCCCCCCCCCCCC. The fourth-order valence-electron chi connectivity index (χ4n) is 11.0. The Balaban J connectivity index is 3.41. The van der Waals surface area contributed by atoms with E-state index in [-0.39, 0.29) is 12.5 Å². The Morgan fingerprint density at radius 3 is 0.803 bits per heavy atom. The number of unbranched alkanes of at least 4 members (excludes halogenated alkanes) is 52. The van der Waals surface area contributed by atoms with Crippen molar-refractivity contribution in [2.24, 2.45) is 0 Å². The fourth-order valence-corrected chi connectivity index (χ4v) is 11.0. The first-order valence-corrected chi connectivity index (χ1v) is 34.9. The monoisotopic (exact) mass is 1060 g/mol. The van der Waals surface area contributed by atoms with Gasteiger partial charge in [0, 0.05) is 6.42 Å². The molecule has 0 aliphatic heterocycles. The molecular weight excluding hydrogens is 927 g/mol. The molecule has 0 radical (unpaired) electrons. The van der Waals surface area contributed by atoms with Gasteiger partial charge in [0.1, 0.15) is 0 Å². The van der Waals surface area contributed by atoms with E-state index in [9.17, 15) is 15.0 Å². The minimum Gasteiger partial charge on any atom is -0.394 e. The fraction of sp³-hybridized carbons (Fsp3) is 0.875. The maximum absolute atomic E-state index is 12.5. The number of aliphatic hydroxyl groups is 2. The van der Waals surface area contributed by atoms with Crippen molar-refractivity contribution in [3.63, 3.8) is 0 Å². The summed E-state index contributed by atoms with van der Waals surface area (Å²) in [5.74, 6) is -0.0560. The summed E-state index contributed by atoms with van der Waals surface area (Å²) >= 11 is 0. The second-order valence-corrected chi connectivity index (χ2v) is 24.0. The average Bonchev–Trinajstić information content (AvgIpc) is 3.42. The number of allylic oxidation sites excluding steroid dienone is 7. The lowest BCUT2D eigenvalue weighted by Gasteiger charge is -2.20. The van der Waals surface area contributed by atoms with Crippen molar-refractivity contribution in [2.45, 2.75) is 398 Å². The third-order valence-corrected chi connectivity index (χ3v) is 16.3. The van der Waals surface area contributed by atoms with E-state index in [0.717, 1.165) is 38.5 Å². The summed E-state index contributed by atoms with van der Waals surface area (Å²) in [4.78, 5) is 12.5. The molecule has 1 amide bonds. The van der Waals surface area contributed by atoms with E-state index in [4.69, 9.17) is 0 Å². The molecule has 0 aliphatic carbocycles. The molecule has 0 rings (SSSR count). The number of nitrogens with one attached hydrogen (secondary N) is 1. The lowest BCUT2D eigenvalue weighted by molar-refractivity contribution is -0.123. The number of hydrogen-bond acceptors (Lipinski definition) is 3. The van der Waals surface area contributed by atoms with Gasteiger partial charge in [0.25, 0.3) is 0 Å². The minimum absolute atomic E-state index is 0.0560. The lowest BCUT2D eigenvalue weighted by Crippen LogP contribution is -2.45. The van der Waals surface area contributed by atoms with Gasteiger partial charge in [-0.15, -0.1) is 0 Å². The Bertz CT molecular complexity index is 1210. The van der Waals surface area contributed by atoms with E-state index in [1.54, 1.807) is 6.08 Å². The molecule has 0 heterocycles. The molecule has 2 unspecified atom stereocenters. The number of aliphatic hydroxyl groups excluding tert-OH is 2. The summed E-state index contributed by atoms with van der Waals surface area (Å²) in [6, 6.07) is -0.622. The highest BCUT2D eigenvalue weighted by Gasteiger charge is 2.18. The molecule has 0 aliphatic rings. The summed E-state index contributed by atoms with van der Waals surface area (Å²) in [5.41, 5.74) is 0. The molecule has 0 saturated carbocycles. The van der Waals surface area contributed by atoms with Gasteiger partial charge in [-0.25, -0.2) is 0 Å². The zero-order valence-electron chi connectivity index (χ0n) is 51.8. The van der Waals surface area contributed by atoms with Crippen LogP contribution in [0, 0.1) is 0 Å². The second kappa shape index (κ2) is 67.6. The zero-order valence-corrected chi connectivity index (χ0v) is 51.8. The predicted molar refractivity (Wildman–Crippen MR) is 341 cm³/mol. The van der Waals surface area contributed by atoms with Crippen molar-refractivity contribution in [2.75, 3.05) is 6.61 Å². The maximum atomic E-state index is 12.5. The molecule has 0 aromatic heterocycles. The summed E-state index contributed by atoms with van der Waals surface area (Å²) in [6.45, 7) is 4.34. The highest BCUT2D eigenvalue weighted by Crippen LogP contribution is 2.19. The van der Waals surface area contributed by atoms with Crippen molar-refractivity contribution < 1.29 is 15.0 Å². The Kier molecular flexibility index (Phi) is 66.2. The van der Waals surface area contributed by atoms with Crippen molar-refractivity contribution in [1.82, 2.24) is 5.32 Å². The molecule has 448 valence electrons. The number of amides is 1. The van der Waals surface area contributed by atoms with Crippen LogP contribution in [0.15, 0.2) is 48.6 Å². The van der Waals surface area contributed by atoms with Gasteiger partial charge in [0.2, 0.25) is 5.91 Å². The zero-order chi connectivity index (χ0) is 54.8. The van der Waals surface area contributed by atoms with Crippen LogP contribution in [0.4, 0.5) is 0 Å². The molecular formula is C72H137NO3. The molecule has 2 atom stereocenters. The second-order valence-electron chi connectivity index (χ2n) is 24.0. The minimum atomic E-state index is -0.840. The highest BCUT2D eigenvalue weighted by atomic mass is 16.3. The Hall–Kier alpha value is -1.65. The maximum Gasteiger partial charge on any atom is 0.220 e. The van der Waals surface area contributed by atoms with Gasteiger partial charge in [-0.05, 0) is 57.8 Å². The highest BCUT2D eigenvalue weighted by molar-refractivity contribution is 5.76. The molecule has 4 nitrogen and oxygen atoms in total. The molecule has 0 fully saturated rings. The van der Waals surface area contributed by atoms with Crippen LogP contribution < -0.4 is 5.32 Å². The molecule has 3 N–H and O–H groups in total. The van der Waals surface area contributed by atoms with Gasteiger partial charge in [-0.2, -0.15) is 0 Å². The lowest BCUT2D eigenvalue weighted by atomic mass is 10.0. The van der Waals surface area contributed by atoms with Crippen molar-refractivity contribution in [3.8, 4) is 0 Å². The number of rotatable bonds is 65. The van der Waals surface area contributed by atoms with Crippen LogP contribution in [0.25, 0.3) is 0 Å². The van der Waals surface area contributed by atoms with Crippen LogP contribution in [0.5, 0.6) is 0 Å². The summed E-state index contributed by atoms with van der Waals surface area (Å²) < 4.78 is 0. The molecule has 0 bridgehead atoms. The largest absolute Gasteiger partial charge is 0.394 e. The normalized spacial score (nSPS) is 12.9. The standard InChI is InChI=1S/C72H137NO3/c1-3-5-7-9-11-13-15-17-19-21-23-25-27-29-30-31-32-33-34-35-36-37-38-39-40-41-42-44-46-48-50-52-54-56-58-60-62-64-66-68-72(76)73-70(69-74)71(75)67-65-63-61-59-57-55-53-51-49-47-45-43-28-26-24-22-20-18-16-14-12-10-8-6-4-2/h15,17,21,23,27,29,65,67,70-71,74-75H,3-14,16,18-20,22,24-26,28,30-64,66,68-69H2,1-2H3,(H,73,76)/b17-15-,23-21-,29-27-,67-65+. The van der Waals surface area contributed by atoms with E-state index in [2.05, 4.69) is 55.6 Å². The smallest absolute Gasteiger partial charge is 0.220 e. The molecule has 0 saturated heterocycles. The van der Waals surface area contributed by atoms with Crippen molar-refractivity contribution in [3.05, 3.63) is 48.6 Å². The predicted octanol–water partition coefficient (Wildman–Crippen LogP) is 23.7. The van der Waals surface area contributed by atoms with E-state index in [1.807, 2.05) is 6.08 Å². The van der Waals surface area contributed by atoms with E-state index in [0.29, 0.717) is 6.42 Å². The van der Waals surface area contributed by atoms with Gasteiger partial charge in [-0.3, -0.25) is 4.79 Å². The van der Waals surface area contributed by atoms with Gasteiger partial charge in [0.15, 0.2) is 0 Å². The molecule has 0 aromatic rings. The van der Waals surface area contributed by atoms with Crippen molar-refractivity contribution >= 4 is 5.91 Å². The Labute approximate surface area is 477 Å². The third kappa shape index (κ3) is 63.2. The van der Waals surface area contributed by atoms with E-state index < -0.39 is 12.1 Å². The number of carbonyl (C=O) groups is 1. The van der Waals surface area contributed by atoms with Crippen LogP contribution in [-0.2, 0) is 4.79 Å². The quantitative estimate of drug-likeness (QED) is 0.0420. The molecule has 0 spiro atoms. The first-order valence-electron chi connectivity index (χ1n) is 34.9. The average molecular weight is 1060 g/mol. The summed E-state index contributed by atoms with van der Waals surface area (Å²) in [5, 5.41) is 23.3. The van der Waals surface area contributed by atoms with Crippen LogP contribution in [0.3, 0.4) is 0 Å². The van der Waals surface area contributed by atoms with Crippen LogP contribution in [0.1, 0.15) is 386 Å². The summed E-state index contributed by atoms with van der Waals surface area (Å²) in [7, 11) is 0. The molecule has 0 aromatic carbocycles. The van der Waals surface area contributed by atoms with Gasteiger partial charge in [-0.1, -0.05) is 371 Å². The van der Waals surface area contributed by atoms with Gasteiger partial charge < -0.3 is 15.5 Å². The molecule has 4 heteroatoms. The molecule has 76 heavy (non-hydrogen) atoms. The topological polar surface area (TPSA) is 69.6 Å². The van der Waals surface area contributed by atoms with Crippen LogP contribution in [-0.4, -0.2) is 34.9 Å². The van der Waals surface area contributed by atoms with Crippen LogP contribution >= 0.6 is 0 Å². The van der Waals surface area contributed by atoms with Crippen LogP contribution in [0.2, 0.25) is 0 Å². The van der Waals surface area contributed by atoms with E-state index in [1.165, 1.54) is 327 Å². The Morgan fingerprint density at radius 2 is 0.539 bits per heavy atom. The first kappa shape index (κ1) is 74.3.